The number of rotatable bonds is 6. The molecule has 0 spiro atoms. The SMILES string of the molecule is C=CCSCCN1CCNCC1c1ccccc1. The molecule has 18 heavy (non-hydrogen) atoms. The van der Waals surface area contributed by atoms with Crippen LogP contribution in [0.3, 0.4) is 0 Å². The van der Waals surface area contributed by atoms with E-state index in [0.717, 1.165) is 25.4 Å². The lowest BCUT2D eigenvalue weighted by Gasteiger charge is -2.36. The highest BCUT2D eigenvalue weighted by Gasteiger charge is 2.22. The molecule has 1 aliphatic rings. The van der Waals surface area contributed by atoms with Crippen LogP contribution in [0.1, 0.15) is 11.6 Å². The van der Waals surface area contributed by atoms with E-state index in [1.165, 1.54) is 17.9 Å². The standard InChI is InChI=1S/C15H22N2S/c1-2-11-18-12-10-17-9-8-16-13-15(17)14-6-4-3-5-7-14/h2-7,15-16H,1,8-13H2. The normalized spacial score (nSPS) is 20.8. The van der Waals surface area contributed by atoms with Crippen molar-refractivity contribution in [1.82, 2.24) is 10.2 Å². The van der Waals surface area contributed by atoms with Crippen LogP contribution in [0.4, 0.5) is 0 Å². The molecule has 1 fully saturated rings. The number of benzene rings is 1. The van der Waals surface area contributed by atoms with Crippen molar-refractivity contribution >= 4 is 11.8 Å². The summed E-state index contributed by atoms with van der Waals surface area (Å²) in [4.78, 5) is 2.60. The number of thioether (sulfide) groups is 1. The van der Waals surface area contributed by atoms with Gasteiger partial charge in [0.1, 0.15) is 0 Å². The zero-order valence-corrected chi connectivity index (χ0v) is 11.7. The molecule has 0 saturated carbocycles. The second-order valence-corrected chi connectivity index (χ2v) is 5.68. The topological polar surface area (TPSA) is 15.3 Å². The van der Waals surface area contributed by atoms with Crippen molar-refractivity contribution in [3.05, 3.63) is 48.6 Å². The van der Waals surface area contributed by atoms with Gasteiger partial charge in [0.25, 0.3) is 0 Å². The Kier molecular flexibility index (Phi) is 5.78. The van der Waals surface area contributed by atoms with Gasteiger partial charge in [0.05, 0.1) is 0 Å². The van der Waals surface area contributed by atoms with Crippen LogP contribution in [0, 0.1) is 0 Å². The third kappa shape index (κ3) is 3.87. The van der Waals surface area contributed by atoms with Crippen molar-refractivity contribution in [2.75, 3.05) is 37.7 Å². The van der Waals surface area contributed by atoms with Gasteiger partial charge in [0.2, 0.25) is 0 Å². The molecule has 2 rings (SSSR count). The maximum atomic E-state index is 3.76. The van der Waals surface area contributed by atoms with E-state index in [4.69, 9.17) is 0 Å². The molecule has 1 aromatic carbocycles. The third-order valence-electron chi connectivity index (χ3n) is 3.30. The second-order valence-electron chi connectivity index (χ2n) is 4.53. The molecule has 98 valence electrons. The van der Waals surface area contributed by atoms with Gasteiger partial charge in [0, 0.05) is 43.7 Å². The summed E-state index contributed by atoms with van der Waals surface area (Å²) in [6.45, 7) is 8.25. The van der Waals surface area contributed by atoms with Crippen molar-refractivity contribution in [3.63, 3.8) is 0 Å². The Morgan fingerprint density at radius 1 is 1.39 bits per heavy atom. The molecule has 1 N–H and O–H groups in total. The monoisotopic (exact) mass is 262 g/mol. The van der Waals surface area contributed by atoms with Crippen molar-refractivity contribution < 1.29 is 0 Å². The molecule has 1 unspecified atom stereocenters. The van der Waals surface area contributed by atoms with Gasteiger partial charge in [-0.25, -0.2) is 0 Å². The number of nitrogens with zero attached hydrogens (tertiary/aromatic N) is 1. The van der Waals surface area contributed by atoms with Gasteiger partial charge >= 0.3 is 0 Å². The Morgan fingerprint density at radius 2 is 2.22 bits per heavy atom. The summed E-state index contributed by atoms with van der Waals surface area (Å²) in [5.74, 6) is 2.25. The summed E-state index contributed by atoms with van der Waals surface area (Å²) < 4.78 is 0. The van der Waals surface area contributed by atoms with E-state index in [-0.39, 0.29) is 0 Å². The van der Waals surface area contributed by atoms with Crippen LogP contribution in [0.2, 0.25) is 0 Å². The largest absolute Gasteiger partial charge is 0.314 e. The molecular weight excluding hydrogens is 240 g/mol. The maximum absolute atomic E-state index is 3.76. The van der Waals surface area contributed by atoms with Crippen LogP contribution in [0.5, 0.6) is 0 Å². The van der Waals surface area contributed by atoms with Gasteiger partial charge < -0.3 is 5.32 Å². The van der Waals surface area contributed by atoms with E-state index in [0.29, 0.717) is 6.04 Å². The van der Waals surface area contributed by atoms with Crippen LogP contribution in [-0.4, -0.2) is 42.6 Å². The fraction of sp³-hybridized carbons (Fsp3) is 0.467. The smallest absolute Gasteiger partial charge is 0.0473 e. The quantitative estimate of drug-likeness (QED) is 0.626. The summed E-state index contributed by atoms with van der Waals surface area (Å²) >= 11 is 1.96. The molecule has 0 aliphatic carbocycles. The molecule has 0 bridgehead atoms. The first-order chi connectivity index (χ1) is 8.92. The summed E-state index contributed by atoms with van der Waals surface area (Å²) in [5.41, 5.74) is 1.43. The van der Waals surface area contributed by atoms with E-state index in [1.54, 1.807) is 0 Å². The van der Waals surface area contributed by atoms with Crippen LogP contribution in [0.25, 0.3) is 0 Å². The fourth-order valence-electron chi connectivity index (χ4n) is 2.37. The lowest BCUT2D eigenvalue weighted by molar-refractivity contribution is 0.172. The second kappa shape index (κ2) is 7.62. The Labute approximate surface area is 114 Å². The fourth-order valence-corrected chi connectivity index (χ4v) is 3.06. The molecule has 2 nitrogen and oxygen atoms in total. The third-order valence-corrected chi connectivity index (χ3v) is 4.24. The number of hydrogen-bond donors (Lipinski definition) is 1. The van der Waals surface area contributed by atoms with Crippen molar-refractivity contribution in [3.8, 4) is 0 Å². The van der Waals surface area contributed by atoms with Gasteiger partial charge in [-0.2, -0.15) is 11.8 Å². The van der Waals surface area contributed by atoms with Gasteiger partial charge in [0.15, 0.2) is 0 Å². The molecule has 0 aromatic heterocycles. The maximum Gasteiger partial charge on any atom is 0.0473 e. The summed E-state index contributed by atoms with van der Waals surface area (Å²) in [7, 11) is 0. The zero-order valence-electron chi connectivity index (χ0n) is 10.8. The average Bonchev–Trinajstić information content (AvgIpc) is 2.45. The predicted octanol–water partition coefficient (Wildman–Crippen LogP) is 2.55. The highest BCUT2D eigenvalue weighted by molar-refractivity contribution is 7.99. The molecule has 3 heteroatoms. The molecule has 1 heterocycles. The van der Waals surface area contributed by atoms with Crippen molar-refractivity contribution in [2.45, 2.75) is 6.04 Å². The lowest BCUT2D eigenvalue weighted by atomic mass is 10.0. The molecule has 1 atom stereocenters. The summed E-state index contributed by atoms with van der Waals surface area (Å²) in [5, 5.41) is 3.50. The van der Waals surface area contributed by atoms with E-state index in [9.17, 15) is 0 Å². The van der Waals surface area contributed by atoms with E-state index >= 15 is 0 Å². The number of hydrogen-bond acceptors (Lipinski definition) is 3. The Balaban J connectivity index is 1.91. The van der Waals surface area contributed by atoms with Crippen LogP contribution in [-0.2, 0) is 0 Å². The van der Waals surface area contributed by atoms with Crippen LogP contribution < -0.4 is 5.32 Å². The first-order valence-electron chi connectivity index (χ1n) is 6.60. The highest BCUT2D eigenvalue weighted by atomic mass is 32.2. The molecule has 0 amide bonds. The van der Waals surface area contributed by atoms with Crippen LogP contribution in [0.15, 0.2) is 43.0 Å². The van der Waals surface area contributed by atoms with Crippen LogP contribution >= 0.6 is 11.8 Å². The predicted molar refractivity (Wildman–Crippen MR) is 81.1 cm³/mol. The Hall–Kier alpha value is -0.770. The highest BCUT2D eigenvalue weighted by Crippen LogP contribution is 2.22. The lowest BCUT2D eigenvalue weighted by Crippen LogP contribution is -2.46. The molecule has 1 aromatic rings. The van der Waals surface area contributed by atoms with E-state index in [2.05, 4.69) is 47.1 Å². The Morgan fingerprint density at radius 3 is 3.00 bits per heavy atom. The first-order valence-corrected chi connectivity index (χ1v) is 7.75. The van der Waals surface area contributed by atoms with E-state index in [1.807, 2.05) is 17.8 Å². The zero-order chi connectivity index (χ0) is 12.6. The van der Waals surface area contributed by atoms with Gasteiger partial charge in [-0.05, 0) is 5.56 Å². The van der Waals surface area contributed by atoms with Gasteiger partial charge in [-0.3, -0.25) is 4.90 Å². The molecule has 1 saturated heterocycles. The molecular formula is C15H22N2S. The van der Waals surface area contributed by atoms with Gasteiger partial charge in [-0.1, -0.05) is 36.4 Å². The molecule has 0 radical (unpaired) electrons. The first kappa shape index (κ1) is 13.7. The number of nitrogens with one attached hydrogen (secondary N) is 1. The van der Waals surface area contributed by atoms with Crippen molar-refractivity contribution in [2.24, 2.45) is 0 Å². The molecule has 1 aliphatic heterocycles. The summed E-state index contributed by atoms with van der Waals surface area (Å²) in [6, 6.07) is 11.4. The number of piperazine rings is 1. The van der Waals surface area contributed by atoms with E-state index < -0.39 is 0 Å². The minimum absolute atomic E-state index is 0.532. The minimum atomic E-state index is 0.532. The summed E-state index contributed by atoms with van der Waals surface area (Å²) in [6.07, 6.45) is 1.98. The van der Waals surface area contributed by atoms with Crippen molar-refractivity contribution in [1.29, 1.82) is 0 Å². The minimum Gasteiger partial charge on any atom is -0.314 e. The van der Waals surface area contributed by atoms with Gasteiger partial charge in [-0.15, -0.1) is 6.58 Å². The average molecular weight is 262 g/mol. The Bertz CT molecular complexity index is 353.